The minimum atomic E-state index is -1.03. The molecule has 116 valence electrons. The lowest BCUT2D eigenvalue weighted by Gasteiger charge is -2.09. The molecule has 0 unspecified atom stereocenters. The molecule has 22 heavy (non-hydrogen) atoms. The summed E-state index contributed by atoms with van der Waals surface area (Å²) in [5, 5.41) is 5.47. The molecule has 2 N–H and O–H groups in total. The Morgan fingerprint density at radius 3 is 2.68 bits per heavy atom. The standard InChI is InChI=1S/C15H13ClF2N2O2/c16-10-2-1-3-12(8-10)22-7-6-19-15(21)20-11-4-5-13(17)14(18)9-11/h1-5,8-9H,6-7H2,(H2,19,20,21). The summed E-state index contributed by atoms with van der Waals surface area (Å²) in [6.07, 6.45) is 0. The normalized spacial score (nSPS) is 10.1. The van der Waals surface area contributed by atoms with E-state index in [-0.39, 0.29) is 18.8 Å². The van der Waals surface area contributed by atoms with Gasteiger partial charge in [-0.05, 0) is 30.3 Å². The highest BCUT2D eigenvalue weighted by molar-refractivity contribution is 6.30. The van der Waals surface area contributed by atoms with Crippen LogP contribution in [0.15, 0.2) is 42.5 Å². The van der Waals surface area contributed by atoms with Crippen molar-refractivity contribution < 1.29 is 18.3 Å². The van der Waals surface area contributed by atoms with E-state index in [1.54, 1.807) is 24.3 Å². The predicted octanol–water partition coefficient (Wildman–Crippen LogP) is 3.82. The van der Waals surface area contributed by atoms with E-state index in [4.69, 9.17) is 16.3 Å². The molecule has 0 aliphatic carbocycles. The quantitative estimate of drug-likeness (QED) is 0.821. The van der Waals surface area contributed by atoms with E-state index < -0.39 is 17.7 Å². The van der Waals surface area contributed by atoms with Gasteiger partial charge in [-0.15, -0.1) is 0 Å². The van der Waals surface area contributed by atoms with Gasteiger partial charge in [-0.2, -0.15) is 0 Å². The average Bonchev–Trinajstić information content (AvgIpc) is 2.48. The fraction of sp³-hybridized carbons (Fsp3) is 0.133. The summed E-state index contributed by atoms with van der Waals surface area (Å²) in [5.74, 6) is -1.40. The first-order valence-electron chi connectivity index (χ1n) is 6.43. The van der Waals surface area contributed by atoms with Crippen molar-refractivity contribution in [3.8, 4) is 5.75 Å². The zero-order valence-corrected chi connectivity index (χ0v) is 12.2. The zero-order valence-electron chi connectivity index (χ0n) is 11.4. The molecule has 0 spiro atoms. The first-order valence-corrected chi connectivity index (χ1v) is 6.80. The average molecular weight is 327 g/mol. The number of ether oxygens (including phenoxy) is 1. The van der Waals surface area contributed by atoms with Gasteiger partial charge in [-0.25, -0.2) is 13.6 Å². The van der Waals surface area contributed by atoms with Crippen LogP contribution in [0.4, 0.5) is 19.3 Å². The Hall–Kier alpha value is -2.34. The van der Waals surface area contributed by atoms with Crippen molar-refractivity contribution in [3.05, 3.63) is 59.1 Å². The number of carbonyl (C=O) groups excluding carboxylic acids is 1. The number of rotatable bonds is 5. The molecule has 0 bridgehead atoms. The van der Waals surface area contributed by atoms with Crippen LogP contribution in [0.3, 0.4) is 0 Å². The van der Waals surface area contributed by atoms with E-state index in [0.717, 1.165) is 12.1 Å². The van der Waals surface area contributed by atoms with Crippen molar-refractivity contribution in [3.63, 3.8) is 0 Å². The Kier molecular flexibility index (Phi) is 5.55. The Morgan fingerprint density at radius 2 is 1.95 bits per heavy atom. The van der Waals surface area contributed by atoms with Crippen LogP contribution in [0.5, 0.6) is 5.75 Å². The molecule has 2 rings (SSSR count). The van der Waals surface area contributed by atoms with Gasteiger partial charge < -0.3 is 15.4 Å². The third-order valence-corrected chi connectivity index (χ3v) is 2.86. The van der Waals surface area contributed by atoms with Crippen molar-refractivity contribution in [1.29, 1.82) is 0 Å². The van der Waals surface area contributed by atoms with E-state index in [9.17, 15) is 13.6 Å². The Morgan fingerprint density at radius 1 is 1.14 bits per heavy atom. The molecule has 0 saturated carbocycles. The third-order valence-electron chi connectivity index (χ3n) is 2.63. The molecule has 0 fully saturated rings. The molecule has 2 amide bonds. The Labute approximate surface area is 131 Å². The molecule has 0 saturated heterocycles. The highest BCUT2D eigenvalue weighted by Gasteiger charge is 2.05. The fourth-order valence-corrected chi connectivity index (χ4v) is 1.82. The summed E-state index contributed by atoms with van der Waals surface area (Å²) in [5.41, 5.74) is 0.159. The molecule has 2 aromatic rings. The largest absolute Gasteiger partial charge is 0.492 e. The smallest absolute Gasteiger partial charge is 0.319 e. The Bertz CT molecular complexity index is 668. The van der Waals surface area contributed by atoms with Crippen molar-refractivity contribution in [2.45, 2.75) is 0 Å². The maximum absolute atomic E-state index is 13.0. The van der Waals surface area contributed by atoms with Gasteiger partial charge in [0.15, 0.2) is 11.6 Å². The van der Waals surface area contributed by atoms with Gasteiger partial charge in [-0.1, -0.05) is 17.7 Å². The van der Waals surface area contributed by atoms with Crippen LogP contribution in [-0.4, -0.2) is 19.2 Å². The lowest BCUT2D eigenvalue weighted by atomic mass is 10.3. The summed E-state index contributed by atoms with van der Waals surface area (Å²) >= 11 is 5.81. The van der Waals surface area contributed by atoms with Gasteiger partial charge in [0.2, 0.25) is 0 Å². The summed E-state index contributed by atoms with van der Waals surface area (Å²) in [4.78, 5) is 11.6. The summed E-state index contributed by atoms with van der Waals surface area (Å²) < 4.78 is 31.1. The van der Waals surface area contributed by atoms with E-state index in [2.05, 4.69) is 10.6 Å². The predicted molar refractivity (Wildman–Crippen MR) is 80.3 cm³/mol. The van der Waals surface area contributed by atoms with Crippen molar-refractivity contribution in [2.75, 3.05) is 18.5 Å². The highest BCUT2D eigenvalue weighted by Crippen LogP contribution is 2.16. The van der Waals surface area contributed by atoms with E-state index in [1.807, 2.05) is 0 Å². The van der Waals surface area contributed by atoms with Crippen molar-refractivity contribution >= 4 is 23.3 Å². The van der Waals surface area contributed by atoms with Crippen LogP contribution in [0.2, 0.25) is 5.02 Å². The number of carbonyl (C=O) groups is 1. The van der Waals surface area contributed by atoms with Gasteiger partial charge in [0.25, 0.3) is 0 Å². The molecule has 0 heterocycles. The van der Waals surface area contributed by atoms with Crippen LogP contribution in [0.25, 0.3) is 0 Å². The monoisotopic (exact) mass is 326 g/mol. The molecule has 0 atom stereocenters. The number of amides is 2. The molecule has 7 heteroatoms. The van der Waals surface area contributed by atoms with Crippen LogP contribution >= 0.6 is 11.6 Å². The second kappa shape index (κ2) is 7.61. The summed E-state index contributed by atoms with van der Waals surface area (Å²) in [6.45, 7) is 0.480. The van der Waals surface area contributed by atoms with Gasteiger partial charge in [0.05, 0.1) is 6.54 Å². The molecular weight excluding hydrogens is 314 g/mol. The van der Waals surface area contributed by atoms with E-state index >= 15 is 0 Å². The van der Waals surface area contributed by atoms with Crippen molar-refractivity contribution in [2.24, 2.45) is 0 Å². The maximum atomic E-state index is 13.0. The SMILES string of the molecule is O=C(NCCOc1cccc(Cl)c1)Nc1ccc(F)c(F)c1. The fourth-order valence-electron chi connectivity index (χ4n) is 1.64. The first kappa shape index (κ1) is 16.0. The second-order valence-electron chi connectivity index (χ2n) is 4.32. The second-order valence-corrected chi connectivity index (χ2v) is 4.75. The van der Waals surface area contributed by atoms with Crippen LogP contribution < -0.4 is 15.4 Å². The van der Waals surface area contributed by atoms with Gasteiger partial charge in [-0.3, -0.25) is 0 Å². The van der Waals surface area contributed by atoms with Crippen LogP contribution in [0.1, 0.15) is 0 Å². The Balaban J connectivity index is 1.72. The molecule has 2 aromatic carbocycles. The number of hydrogen-bond acceptors (Lipinski definition) is 2. The number of halogens is 3. The highest BCUT2D eigenvalue weighted by atomic mass is 35.5. The lowest BCUT2D eigenvalue weighted by molar-refractivity contribution is 0.247. The molecule has 4 nitrogen and oxygen atoms in total. The molecule has 0 aromatic heterocycles. The van der Waals surface area contributed by atoms with E-state index in [1.165, 1.54) is 6.07 Å². The van der Waals surface area contributed by atoms with Gasteiger partial charge in [0, 0.05) is 16.8 Å². The summed E-state index contributed by atoms with van der Waals surface area (Å²) in [7, 11) is 0. The molecule has 0 radical (unpaired) electrons. The number of anilines is 1. The van der Waals surface area contributed by atoms with Crippen LogP contribution in [-0.2, 0) is 0 Å². The minimum absolute atomic E-state index is 0.159. The molecule has 0 aliphatic heterocycles. The van der Waals surface area contributed by atoms with E-state index in [0.29, 0.717) is 10.8 Å². The van der Waals surface area contributed by atoms with Crippen molar-refractivity contribution in [1.82, 2.24) is 5.32 Å². The van der Waals surface area contributed by atoms with Crippen LogP contribution in [0, 0.1) is 11.6 Å². The topological polar surface area (TPSA) is 50.4 Å². The zero-order chi connectivity index (χ0) is 15.9. The lowest BCUT2D eigenvalue weighted by Crippen LogP contribution is -2.32. The third kappa shape index (κ3) is 4.89. The van der Waals surface area contributed by atoms with Gasteiger partial charge in [0.1, 0.15) is 12.4 Å². The minimum Gasteiger partial charge on any atom is -0.492 e. The number of urea groups is 1. The first-order chi connectivity index (χ1) is 10.5. The van der Waals surface area contributed by atoms with Gasteiger partial charge >= 0.3 is 6.03 Å². The molecule has 0 aliphatic rings. The molecular formula is C15H13ClF2N2O2. The number of benzene rings is 2. The summed E-state index contributed by atoms with van der Waals surface area (Å²) in [6, 6.07) is 9.44. The number of hydrogen-bond donors (Lipinski definition) is 2. The number of nitrogens with one attached hydrogen (secondary N) is 2. The maximum Gasteiger partial charge on any atom is 0.319 e.